The highest BCUT2D eigenvalue weighted by molar-refractivity contribution is 5.83. The summed E-state index contributed by atoms with van der Waals surface area (Å²) in [5.41, 5.74) is 5.09. The summed E-state index contributed by atoms with van der Waals surface area (Å²) in [6.07, 6.45) is 0. The van der Waals surface area contributed by atoms with Crippen molar-refractivity contribution in [2.45, 2.75) is 26.4 Å². The molecule has 2 aromatic heterocycles. The molecule has 1 atom stereocenters. The van der Waals surface area contributed by atoms with Crippen LogP contribution in [-0.2, 0) is 6.54 Å². The number of aromatic amines is 1. The molecule has 1 fully saturated rings. The number of piperazine rings is 1. The zero-order valence-corrected chi connectivity index (χ0v) is 22.0. The molecule has 6 rings (SSSR count). The van der Waals surface area contributed by atoms with Gasteiger partial charge in [-0.25, -0.2) is 9.07 Å². The number of nitrogens with zero attached hydrogens (tertiary/aromatic N) is 6. The number of pyridine rings is 1. The van der Waals surface area contributed by atoms with Gasteiger partial charge < -0.3 is 9.88 Å². The van der Waals surface area contributed by atoms with Crippen LogP contribution in [0.4, 0.5) is 10.1 Å². The fraction of sp³-hybridized carbons (Fsp3) is 0.267. The SMILES string of the molecule is Cc1cc(C)c2cc([C@@H](c3nnnn3Cc3ccccc3)N3CCN(c4ccccc4F)CC3)c(=O)[nH]c2c1. The molecule has 0 amide bonds. The molecule has 3 aromatic carbocycles. The number of aryl methyl sites for hydroxylation is 2. The van der Waals surface area contributed by atoms with Crippen molar-refractivity contribution in [3.63, 3.8) is 0 Å². The van der Waals surface area contributed by atoms with E-state index in [1.807, 2.05) is 66.4 Å². The van der Waals surface area contributed by atoms with Crippen LogP contribution in [0.1, 0.15) is 34.1 Å². The number of fused-ring (bicyclic) bond motifs is 1. The van der Waals surface area contributed by atoms with Crippen LogP contribution in [0.25, 0.3) is 10.9 Å². The summed E-state index contributed by atoms with van der Waals surface area (Å²) in [5, 5.41) is 13.8. The van der Waals surface area contributed by atoms with E-state index < -0.39 is 6.04 Å². The Balaban J connectivity index is 1.41. The predicted molar refractivity (Wildman–Crippen MR) is 149 cm³/mol. The molecule has 8 nitrogen and oxygen atoms in total. The van der Waals surface area contributed by atoms with Gasteiger partial charge >= 0.3 is 0 Å². The Bertz CT molecular complexity index is 1670. The Morgan fingerprint density at radius 1 is 0.949 bits per heavy atom. The normalized spacial score (nSPS) is 15.1. The van der Waals surface area contributed by atoms with Crippen LogP contribution >= 0.6 is 0 Å². The van der Waals surface area contributed by atoms with Gasteiger partial charge in [-0.1, -0.05) is 48.5 Å². The average molecular weight is 524 g/mol. The van der Waals surface area contributed by atoms with Crippen LogP contribution in [0, 0.1) is 19.7 Å². The van der Waals surface area contributed by atoms with E-state index in [0.29, 0.717) is 49.8 Å². The molecule has 1 aliphatic heterocycles. The smallest absolute Gasteiger partial charge is 0.253 e. The third-order valence-electron chi connectivity index (χ3n) is 7.49. The molecule has 0 unspecified atom stereocenters. The molecule has 1 aliphatic rings. The fourth-order valence-corrected chi connectivity index (χ4v) is 5.60. The molecule has 5 aromatic rings. The largest absolute Gasteiger partial charge is 0.367 e. The lowest BCUT2D eigenvalue weighted by molar-refractivity contribution is 0.200. The van der Waals surface area contributed by atoms with Gasteiger partial charge in [0.1, 0.15) is 11.9 Å². The lowest BCUT2D eigenvalue weighted by Crippen LogP contribution is -2.49. The van der Waals surface area contributed by atoms with E-state index in [0.717, 1.165) is 27.6 Å². The first kappa shape index (κ1) is 24.9. The van der Waals surface area contributed by atoms with Gasteiger partial charge in [0.2, 0.25) is 0 Å². The van der Waals surface area contributed by atoms with Gasteiger partial charge in [-0.3, -0.25) is 9.69 Å². The number of H-pyrrole nitrogens is 1. The molecule has 0 spiro atoms. The number of nitrogens with one attached hydrogen (secondary N) is 1. The summed E-state index contributed by atoms with van der Waals surface area (Å²) in [7, 11) is 0. The van der Waals surface area contributed by atoms with E-state index in [9.17, 15) is 9.18 Å². The van der Waals surface area contributed by atoms with E-state index in [1.165, 1.54) is 6.07 Å². The molecule has 3 heterocycles. The highest BCUT2D eigenvalue weighted by atomic mass is 19.1. The first-order valence-electron chi connectivity index (χ1n) is 13.2. The van der Waals surface area contributed by atoms with Gasteiger partial charge in [0.05, 0.1) is 12.2 Å². The number of para-hydroxylation sites is 1. The zero-order valence-electron chi connectivity index (χ0n) is 22.0. The minimum absolute atomic E-state index is 0.164. The number of aromatic nitrogens is 5. The van der Waals surface area contributed by atoms with Gasteiger partial charge in [-0.05, 0) is 65.2 Å². The van der Waals surface area contributed by atoms with Crippen molar-refractivity contribution in [1.82, 2.24) is 30.1 Å². The standard InChI is InChI=1S/C30H30FN7O/c1-20-16-21(2)23-18-24(30(39)32-26(23)17-20)28(29-33-34-35-38(29)19-22-8-4-3-5-9-22)37-14-12-36(13-15-37)27-11-7-6-10-25(27)31/h3-11,16-18,28H,12-15,19H2,1-2H3,(H,32,39)/t28-/m0/s1. The second-order valence-corrected chi connectivity index (χ2v) is 10.2. The maximum Gasteiger partial charge on any atom is 0.253 e. The minimum Gasteiger partial charge on any atom is -0.367 e. The monoisotopic (exact) mass is 523 g/mol. The quantitative estimate of drug-likeness (QED) is 0.359. The number of benzene rings is 3. The summed E-state index contributed by atoms with van der Waals surface area (Å²) < 4.78 is 16.3. The van der Waals surface area contributed by atoms with Crippen LogP contribution in [-0.4, -0.2) is 56.3 Å². The molecule has 1 N–H and O–H groups in total. The van der Waals surface area contributed by atoms with E-state index in [2.05, 4.69) is 38.4 Å². The molecule has 9 heteroatoms. The van der Waals surface area contributed by atoms with Gasteiger partial charge in [0.25, 0.3) is 5.56 Å². The van der Waals surface area contributed by atoms with Crippen molar-refractivity contribution in [2.75, 3.05) is 31.1 Å². The van der Waals surface area contributed by atoms with Gasteiger partial charge in [-0.15, -0.1) is 5.10 Å². The van der Waals surface area contributed by atoms with Crippen molar-refractivity contribution in [3.8, 4) is 0 Å². The van der Waals surface area contributed by atoms with Crippen LogP contribution in [0.5, 0.6) is 0 Å². The van der Waals surface area contributed by atoms with E-state index in [4.69, 9.17) is 0 Å². The number of tetrazole rings is 1. The summed E-state index contributed by atoms with van der Waals surface area (Å²) in [4.78, 5) is 21.0. The molecular weight excluding hydrogens is 493 g/mol. The van der Waals surface area contributed by atoms with Crippen LogP contribution in [0.2, 0.25) is 0 Å². The number of anilines is 1. The number of rotatable bonds is 6. The van der Waals surface area contributed by atoms with Gasteiger partial charge in [-0.2, -0.15) is 0 Å². The molecule has 39 heavy (non-hydrogen) atoms. The second kappa shape index (κ2) is 10.4. The number of hydrogen-bond donors (Lipinski definition) is 1. The van der Waals surface area contributed by atoms with Crippen molar-refractivity contribution in [3.05, 3.63) is 117 Å². The van der Waals surface area contributed by atoms with Crippen molar-refractivity contribution < 1.29 is 4.39 Å². The fourth-order valence-electron chi connectivity index (χ4n) is 5.60. The predicted octanol–water partition coefficient (Wildman–Crippen LogP) is 4.23. The van der Waals surface area contributed by atoms with E-state index >= 15 is 0 Å². The summed E-state index contributed by atoms with van der Waals surface area (Å²) in [6.45, 7) is 7.01. The average Bonchev–Trinajstić information content (AvgIpc) is 3.38. The Hall–Kier alpha value is -4.37. The van der Waals surface area contributed by atoms with Crippen molar-refractivity contribution in [1.29, 1.82) is 0 Å². The number of hydrogen-bond acceptors (Lipinski definition) is 6. The lowest BCUT2D eigenvalue weighted by Gasteiger charge is -2.39. The van der Waals surface area contributed by atoms with E-state index in [1.54, 1.807) is 10.7 Å². The summed E-state index contributed by atoms with van der Waals surface area (Å²) in [5.74, 6) is 0.374. The lowest BCUT2D eigenvalue weighted by atomic mass is 9.99. The number of halogens is 1. The molecule has 0 bridgehead atoms. The highest BCUT2D eigenvalue weighted by Crippen LogP contribution is 2.30. The molecule has 0 aliphatic carbocycles. The second-order valence-electron chi connectivity index (χ2n) is 10.2. The molecular formula is C30H30FN7O. The minimum atomic E-state index is -0.472. The Morgan fingerprint density at radius 2 is 1.69 bits per heavy atom. The Labute approximate surface area is 225 Å². The zero-order chi connectivity index (χ0) is 26.9. The maximum atomic E-state index is 14.5. The molecule has 0 saturated carbocycles. The Morgan fingerprint density at radius 3 is 2.46 bits per heavy atom. The summed E-state index contributed by atoms with van der Waals surface area (Å²) >= 11 is 0. The molecule has 198 valence electrons. The van der Waals surface area contributed by atoms with Gasteiger partial charge in [0, 0.05) is 42.6 Å². The first-order chi connectivity index (χ1) is 19.0. The highest BCUT2D eigenvalue weighted by Gasteiger charge is 2.33. The van der Waals surface area contributed by atoms with Crippen LogP contribution in [0.3, 0.4) is 0 Å². The van der Waals surface area contributed by atoms with Crippen molar-refractivity contribution in [2.24, 2.45) is 0 Å². The van der Waals surface area contributed by atoms with Crippen molar-refractivity contribution >= 4 is 16.6 Å². The first-order valence-corrected chi connectivity index (χ1v) is 13.2. The third-order valence-corrected chi connectivity index (χ3v) is 7.49. The maximum absolute atomic E-state index is 14.5. The van der Waals surface area contributed by atoms with Crippen LogP contribution in [0.15, 0.2) is 77.6 Å². The molecule has 1 saturated heterocycles. The topological polar surface area (TPSA) is 82.9 Å². The third kappa shape index (κ3) is 4.93. The van der Waals surface area contributed by atoms with Gasteiger partial charge in [0.15, 0.2) is 5.82 Å². The van der Waals surface area contributed by atoms with Crippen LogP contribution < -0.4 is 10.5 Å². The Kier molecular flexibility index (Phi) is 6.66. The molecule has 0 radical (unpaired) electrons. The summed E-state index contributed by atoms with van der Waals surface area (Å²) in [6, 6.07) is 22.5. The van der Waals surface area contributed by atoms with E-state index in [-0.39, 0.29) is 11.4 Å².